The number of quaternary nitrogens is 1. The van der Waals surface area contributed by atoms with Crippen LogP contribution in [0.3, 0.4) is 0 Å². The van der Waals surface area contributed by atoms with Gasteiger partial charge in [0.25, 0.3) is 0 Å². The van der Waals surface area contributed by atoms with Gasteiger partial charge < -0.3 is 24.6 Å². The van der Waals surface area contributed by atoms with Crippen LogP contribution in [0.1, 0.15) is 18.5 Å². The van der Waals surface area contributed by atoms with Crippen molar-refractivity contribution in [1.29, 1.82) is 0 Å². The van der Waals surface area contributed by atoms with Crippen LogP contribution in [0.2, 0.25) is 0 Å². The smallest absolute Gasteiger partial charge is 0.161 e. The van der Waals surface area contributed by atoms with E-state index in [-0.39, 0.29) is 6.10 Å². The first-order chi connectivity index (χ1) is 12.2. The number of ether oxygens (including phenoxy) is 3. The number of rotatable bonds is 8. The number of hydrogen-bond donors (Lipinski definition) is 2. The largest absolute Gasteiger partial charge is 0.486 e. The summed E-state index contributed by atoms with van der Waals surface area (Å²) < 4.78 is 17.1. The molecule has 2 aromatic rings. The van der Waals surface area contributed by atoms with Crippen LogP contribution in [0, 0.1) is 0 Å². The molecule has 0 saturated heterocycles. The van der Waals surface area contributed by atoms with Crippen molar-refractivity contribution in [2.45, 2.75) is 25.2 Å². The molecule has 3 N–H and O–H groups in total. The maximum absolute atomic E-state index is 10.1. The van der Waals surface area contributed by atoms with Crippen molar-refractivity contribution in [2.24, 2.45) is 0 Å². The molecule has 0 aliphatic carbocycles. The minimum atomic E-state index is -0.511. The predicted molar refractivity (Wildman–Crippen MR) is 94.8 cm³/mol. The lowest BCUT2D eigenvalue weighted by molar-refractivity contribution is -0.698. The summed E-state index contributed by atoms with van der Waals surface area (Å²) in [6.45, 7) is 3.89. The zero-order valence-corrected chi connectivity index (χ0v) is 14.5. The summed E-state index contributed by atoms with van der Waals surface area (Å²) in [5, 5.41) is 12.2. The lowest BCUT2D eigenvalue weighted by atomic mass is 10.1. The second kappa shape index (κ2) is 8.85. The normalized spacial score (nSPS) is 18.6. The van der Waals surface area contributed by atoms with E-state index in [1.165, 1.54) is 5.56 Å². The first-order valence-corrected chi connectivity index (χ1v) is 8.75. The Balaban J connectivity index is 1.34. The number of hydrogen-bond acceptors (Lipinski definition) is 4. The van der Waals surface area contributed by atoms with Gasteiger partial charge in [-0.3, -0.25) is 0 Å². The van der Waals surface area contributed by atoms with Crippen molar-refractivity contribution in [1.82, 2.24) is 0 Å². The highest BCUT2D eigenvalue weighted by atomic mass is 16.6. The molecule has 0 bridgehead atoms. The monoisotopic (exact) mass is 344 g/mol. The summed E-state index contributed by atoms with van der Waals surface area (Å²) in [4.78, 5) is 0. The molecule has 5 nitrogen and oxygen atoms in total. The van der Waals surface area contributed by atoms with Crippen LogP contribution in [0.25, 0.3) is 0 Å². The molecule has 3 atom stereocenters. The molecule has 0 amide bonds. The van der Waals surface area contributed by atoms with Crippen molar-refractivity contribution in [3.63, 3.8) is 0 Å². The summed E-state index contributed by atoms with van der Waals surface area (Å²) in [6, 6.07) is 18.2. The molecular formula is C20H26NO4+. The van der Waals surface area contributed by atoms with Crippen molar-refractivity contribution in [3.05, 3.63) is 60.2 Å². The minimum Gasteiger partial charge on any atom is -0.486 e. The van der Waals surface area contributed by atoms with Crippen molar-refractivity contribution >= 4 is 0 Å². The summed E-state index contributed by atoms with van der Waals surface area (Å²) in [6.07, 6.45) is -0.655. The van der Waals surface area contributed by atoms with Gasteiger partial charge in [-0.05, 0) is 19.1 Å². The molecular weight excluding hydrogens is 318 g/mol. The van der Waals surface area contributed by atoms with Crippen LogP contribution in [0.15, 0.2) is 54.6 Å². The lowest BCUT2D eigenvalue weighted by Gasteiger charge is -2.26. The molecule has 25 heavy (non-hydrogen) atoms. The molecule has 1 aliphatic rings. The van der Waals surface area contributed by atoms with Crippen LogP contribution in [-0.2, 0) is 4.74 Å². The molecule has 0 radical (unpaired) electrons. The Kier molecular flexibility index (Phi) is 6.28. The zero-order valence-electron chi connectivity index (χ0n) is 14.5. The van der Waals surface area contributed by atoms with Crippen molar-refractivity contribution in [2.75, 3.05) is 26.4 Å². The third kappa shape index (κ3) is 5.19. The molecule has 0 saturated carbocycles. The average Bonchev–Trinajstić information content (AvgIpc) is 2.66. The topological polar surface area (TPSA) is 64.5 Å². The molecule has 0 aromatic heterocycles. The van der Waals surface area contributed by atoms with Gasteiger partial charge in [0.1, 0.15) is 25.3 Å². The molecule has 0 spiro atoms. The molecule has 3 rings (SSSR count). The van der Waals surface area contributed by atoms with Gasteiger partial charge in [0.2, 0.25) is 0 Å². The fourth-order valence-electron chi connectivity index (χ4n) is 2.80. The molecule has 0 unspecified atom stereocenters. The third-order valence-electron chi connectivity index (χ3n) is 4.27. The quantitative estimate of drug-likeness (QED) is 0.762. The highest BCUT2D eigenvalue weighted by Crippen LogP contribution is 2.30. The van der Waals surface area contributed by atoms with Gasteiger partial charge in [0, 0.05) is 5.56 Å². The minimum absolute atomic E-state index is 0.144. The lowest BCUT2D eigenvalue weighted by Crippen LogP contribution is -2.87. The Labute approximate surface area is 148 Å². The van der Waals surface area contributed by atoms with Gasteiger partial charge in [-0.1, -0.05) is 42.5 Å². The standard InChI is InChI=1S/C20H25NO4/c1-15(16-7-3-2-4-8-16)21-11-17(22)12-23-13-18-14-24-19-9-5-6-10-20(19)25-18/h2-10,15,17-18,21-22H,11-14H2,1H3/p+1/t15-,17+,18+/m0/s1. The summed E-state index contributed by atoms with van der Waals surface area (Å²) in [7, 11) is 0. The zero-order chi connectivity index (χ0) is 17.5. The predicted octanol–water partition coefficient (Wildman–Crippen LogP) is 1.53. The van der Waals surface area contributed by atoms with Crippen LogP contribution in [0.4, 0.5) is 0 Å². The van der Waals surface area contributed by atoms with Gasteiger partial charge >= 0.3 is 0 Å². The molecule has 5 heteroatoms. The van der Waals surface area contributed by atoms with E-state index in [4.69, 9.17) is 14.2 Å². The van der Waals surface area contributed by atoms with Crippen LogP contribution in [0.5, 0.6) is 11.5 Å². The second-order valence-corrected chi connectivity index (χ2v) is 6.36. The summed E-state index contributed by atoms with van der Waals surface area (Å²) >= 11 is 0. The molecule has 1 heterocycles. The van der Waals surface area contributed by atoms with E-state index in [1.54, 1.807) is 0 Å². The number of para-hydroxylation sites is 2. The number of benzene rings is 2. The fourth-order valence-corrected chi connectivity index (χ4v) is 2.80. The van der Waals surface area contributed by atoms with E-state index < -0.39 is 6.10 Å². The van der Waals surface area contributed by atoms with E-state index in [9.17, 15) is 5.11 Å². The molecule has 1 aliphatic heterocycles. The van der Waals surface area contributed by atoms with Gasteiger partial charge in [-0.15, -0.1) is 0 Å². The molecule has 2 aromatic carbocycles. The Morgan fingerprint density at radius 2 is 1.84 bits per heavy atom. The van der Waals surface area contributed by atoms with E-state index >= 15 is 0 Å². The van der Waals surface area contributed by atoms with Gasteiger partial charge in [-0.2, -0.15) is 0 Å². The van der Waals surface area contributed by atoms with E-state index in [0.29, 0.717) is 32.4 Å². The van der Waals surface area contributed by atoms with Gasteiger partial charge in [-0.25, -0.2) is 0 Å². The maximum Gasteiger partial charge on any atom is 0.161 e. The van der Waals surface area contributed by atoms with E-state index in [2.05, 4.69) is 24.4 Å². The van der Waals surface area contributed by atoms with Gasteiger partial charge in [0.05, 0.1) is 13.2 Å². The van der Waals surface area contributed by atoms with E-state index in [0.717, 1.165) is 11.5 Å². The van der Waals surface area contributed by atoms with Gasteiger partial charge in [0.15, 0.2) is 17.6 Å². The Morgan fingerprint density at radius 1 is 1.12 bits per heavy atom. The van der Waals surface area contributed by atoms with E-state index in [1.807, 2.05) is 42.5 Å². The van der Waals surface area contributed by atoms with Crippen molar-refractivity contribution < 1.29 is 24.6 Å². The fraction of sp³-hybridized carbons (Fsp3) is 0.400. The Morgan fingerprint density at radius 3 is 2.64 bits per heavy atom. The van der Waals surface area contributed by atoms with Crippen LogP contribution >= 0.6 is 0 Å². The third-order valence-corrected chi connectivity index (χ3v) is 4.27. The number of aliphatic hydroxyl groups excluding tert-OH is 1. The summed E-state index contributed by atoms with van der Waals surface area (Å²) in [5.74, 6) is 1.51. The highest BCUT2D eigenvalue weighted by molar-refractivity contribution is 5.40. The number of aliphatic hydroxyl groups is 1. The number of fused-ring (bicyclic) bond motifs is 1. The Bertz CT molecular complexity index is 649. The molecule has 0 fully saturated rings. The van der Waals surface area contributed by atoms with Crippen molar-refractivity contribution in [3.8, 4) is 11.5 Å². The average molecular weight is 344 g/mol. The number of nitrogens with two attached hydrogens (primary N) is 1. The molecule has 134 valence electrons. The maximum atomic E-state index is 10.1. The first-order valence-electron chi connectivity index (χ1n) is 8.75. The summed E-state index contributed by atoms with van der Waals surface area (Å²) in [5.41, 5.74) is 1.25. The SMILES string of the molecule is C[C@H]([NH2+]C[C@@H](O)COC[C@@H]1COc2ccccc2O1)c1ccccc1. The first kappa shape index (κ1) is 17.7. The second-order valence-electron chi connectivity index (χ2n) is 6.36. The Hall–Kier alpha value is -2.08. The van der Waals surface area contributed by atoms with Crippen LogP contribution in [-0.4, -0.2) is 43.7 Å². The highest BCUT2D eigenvalue weighted by Gasteiger charge is 2.21. The van der Waals surface area contributed by atoms with Crippen LogP contribution < -0.4 is 14.8 Å².